The van der Waals surface area contributed by atoms with E-state index in [1.165, 1.54) is 0 Å². The van der Waals surface area contributed by atoms with Crippen molar-refractivity contribution in [3.8, 4) is 0 Å². The average Bonchev–Trinajstić information content (AvgIpc) is 3.20. The summed E-state index contributed by atoms with van der Waals surface area (Å²) in [7, 11) is 0. The molecule has 0 aromatic carbocycles. The molecule has 1 aliphatic carbocycles. The molecule has 0 N–H and O–H groups in total. The number of hydrogen-bond acceptors (Lipinski definition) is 3. The van der Waals surface area contributed by atoms with Crippen molar-refractivity contribution in [1.29, 1.82) is 0 Å². The number of ketones is 1. The third-order valence-electron chi connectivity index (χ3n) is 4.50. The molecule has 1 saturated carbocycles. The van der Waals surface area contributed by atoms with Crippen LogP contribution in [0.4, 0.5) is 4.79 Å². The van der Waals surface area contributed by atoms with Gasteiger partial charge >= 0.3 is 6.09 Å². The van der Waals surface area contributed by atoms with Gasteiger partial charge in [-0.2, -0.15) is 0 Å². The summed E-state index contributed by atoms with van der Waals surface area (Å²) in [5.41, 5.74) is -0.482. The molecular formula is C17H29NO3. The number of Topliss-reactive ketones (excluding diaryl/α,β-unsaturated/α-hetero) is 1. The third kappa shape index (κ3) is 4.72. The molecule has 0 bridgehead atoms. The lowest BCUT2D eigenvalue weighted by Gasteiger charge is -2.39. The number of rotatable bonds is 4. The molecule has 1 aliphatic heterocycles. The predicted octanol–water partition coefficient (Wildman–Crippen LogP) is 3.78. The maximum atomic E-state index is 12.4. The van der Waals surface area contributed by atoms with Gasteiger partial charge in [-0.1, -0.05) is 13.3 Å². The zero-order valence-corrected chi connectivity index (χ0v) is 13.9. The van der Waals surface area contributed by atoms with Crippen molar-refractivity contribution in [2.75, 3.05) is 6.54 Å². The first-order chi connectivity index (χ1) is 9.80. The molecule has 2 aliphatic rings. The Morgan fingerprint density at radius 3 is 2.38 bits per heavy atom. The lowest BCUT2D eigenvalue weighted by molar-refractivity contribution is -0.121. The minimum Gasteiger partial charge on any atom is -0.444 e. The van der Waals surface area contributed by atoms with E-state index in [-0.39, 0.29) is 18.1 Å². The van der Waals surface area contributed by atoms with Crippen molar-refractivity contribution in [2.45, 2.75) is 77.9 Å². The molecule has 0 aromatic heterocycles. The maximum Gasteiger partial charge on any atom is 0.410 e. The van der Waals surface area contributed by atoms with E-state index in [4.69, 9.17) is 4.74 Å². The van der Waals surface area contributed by atoms with E-state index in [2.05, 4.69) is 6.92 Å². The number of ether oxygens (including phenoxy) is 1. The first-order valence-corrected chi connectivity index (χ1v) is 8.32. The van der Waals surface area contributed by atoms with E-state index in [9.17, 15) is 9.59 Å². The van der Waals surface area contributed by atoms with Gasteiger partial charge in [0.25, 0.3) is 0 Å². The molecule has 4 nitrogen and oxygen atoms in total. The molecule has 1 saturated heterocycles. The predicted molar refractivity (Wildman–Crippen MR) is 82.1 cm³/mol. The zero-order chi connectivity index (χ0) is 15.6. The molecule has 2 rings (SSSR count). The van der Waals surface area contributed by atoms with Crippen LogP contribution in [0.5, 0.6) is 0 Å². The quantitative estimate of drug-likeness (QED) is 0.793. The number of carbonyl (C=O) groups is 2. The minimum absolute atomic E-state index is 0.0339. The molecule has 1 amide bonds. The van der Waals surface area contributed by atoms with E-state index < -0.39 is 5.60 Å². The largest absolute Gasteiger partial charge is 0.444 e. The van der Waals surface area contributed by atoms with Gasteiger partial charge in [0.2, 0.25) is 0 Å². The van der Waals surface area contributed by atoms with Crippen LogP contribution in [0.25, 0.3) is 0 Å². The van der Waals surface area contributed by atoms with E-state index in [1.54, 1.807) is 4.90 Å². The highest BCUT2D eigenvalue weighted by Gasteiger charge is 2.38. The van der Waals surface area contributed by atoms with Crippen molar-refractivity contribution >= 4 is 11.9 Å². The summed E-state index contributed by atoms with van der Waals surface area (Å²) in [6.45, 7) is 8.56. The molecular weight excluding hydrogens is 266 g/mol. The number of carbonyl (C=O) groups excluding carboxylic acids is 2. The Labute approximate surface area is 128 Å². The molecule has 0 aromatic rings. The van der Waals surface area contributed by atoms with Crippen LogP contribution in [-0.4, -0.2) is 35.0 Å². The zero-order valence-electron chi connectivity index (χ0n) is 13.9. The molecule has 1 heterocycles. The topological polar surface area (TPSA) is 46.6 Å². The number of likely N-dealkylation sites (tertiary alicyclic amines) is 1. The van der Waals surface area contributed by atoms with E-state index >= 15 is 0 Å². The van der Waals surface area contributed by atoms with Gasteiger partial charge in [-0.25, -0.2) is 4.79 Å². The molecule has 2 unspecified atom stereocenters. The first-order valence-electron chi connectivity index (χ1n) is 8.32. The Hall–Kier alpha value is -1.06. The summed E-state index contributed by atoms with van der Waals surface area (Å²) in [4.78, 5) is 26.3. The fourth-order valence-electron chi connectivity index (χ4n) is 3.06. The van der Waals surface area contributed by atoms with Gasteiger partial charge in [-0.15, -0.1) is 0 Å². The second-order valence-electron chi connectivity index (χ2n) is 7.57. The van der Waals surface area contributed by atoms with Crippen LogP contribution in [0, 0.1) is 11.8 Å². The molecule has 0 spiro atoms. The number of hydrogen-bond donors (Lipinski definition) is 0. The Bertz CT molecular complexity index is 395. The molecule has 2 fully saturated rings. The Morgan fingerprint density at radius 1 is 1.19 bits per heavy atom. The van der Waals surface area contributed by atoms with Crippen LogP contribution in [0.1, 0.15) is 66.2 Å². The summed E-state index contributed by atoms with van der Waals surface area (Å²) < 4.78 is 5.51. The van der Waals surface area contributed by atoms with E-state index in [0.717, 1.165) is 38.6 Å². The summed E-state index contributed by atoms with van der Waals surface area (Å²) in [5.74, 6) is 1.23. The van der Waals surface area contributed by atoms with Gasteiger partial charge in [-0.3, -0.25) is 4.79 Å². The van der Waals surface area contributed by atoms with Crippen molar-refractivity contribution in [3.63, 3.8) is 0 Å². The second kappa shape index (κ2) is 6.37. The van der Waals surface area contributed by atoms with Gasteiger partial charge in [0.1, 0.15) is 11.4 Å². The van der Waals surface area contributed by atoms with Gasteiger partial charge in [0.05, 0.1) is 0 Å². The van der Waals surface area contributed by atoms with Crippen molar-refractivity contribution in [3.05, 3.63) is 0 Å². The van der Waals surface area contributed by atoms with Crippen molar-refractivity contribution in [1.82, 2.24) is 4.90 Å². The van der Waals surface area contributed by atoms with E-state index in [0.29, 0.717) is 18.1 Å². The number of amides is 1. The summed E-state index contributed by atoms with van der Waals surface area (Å²) in [5, 5.41) is 0. The van der Waals surface area contributed by atoms with Crippen LogP contribution in [0.2, 0.25) is 0 Å². The van der Waals surface area contributed by atoms with Gasteiger partial charge in [0, 0.05) is 24.9 Å². The van der Waals surface area contributed by atoms with Gasteiger partial charge < -0.3 is 9.64 Å². The highest BCUT2D eigenvalue weighted by Crippen LogP contribution is 2.34. The molecule has 2 atom stereocenters. The lowest BCUT2D eigenvalue weighted by atomic mass is 9.86. The Balaban J connectivity index is 2.01. The van der Waals surface area contributed by atoms with Crippen molar-refractivity contribution < 1.29 is 14.3 Å². The van der Waals surface area contributed by atoms with Crippen LogP contribution in [0.15, 0.2) is 0 Å². The monoisotopic (exact) mass is 295 g/mol. The minimum atomic E-state index is -0.482. The van der Waals surface area contributed by atoms with Crippen LogP contribution in [0.3, 0.4) is 0 Å². The molecule has 4 heteroatoms. The Kier molecular flexibility index (Phi) is 4.95. The Morgan fingerprint density at radius 2 is 1.86 bits per heavy atom. The van der Waals surface area contributed by atoms with Crippen molar-refractivity contribution in [2.24, 2.45) is 11.8 Å². The van der Waals surface area contributed by atoms with E-state index in [1.807, 2.05) is 20.8 Å². The lowest BCUT2D eigenvalue weighted by Crippen LogP contribution is -2.49. The smallest absolute Gasteiger partial charge is 0.410 e. The number of piperidine rings is 1. The number of nitrogens with zero attached hydrogens (tertiary/aromatic N) is 1. The average molecular weight is 295 g/mol. The molecule has 120 valence electrons. The van der Waals surface area contributed by atoms with Crippen LogP contribution < -0.4 is 0 Å². The second-order valence-corrected chi connectivity index (χ2v) is 7.57. The fourth-order valence-corrected chi connectivity index (χ4v) is 3.06. The third-order valence-corrected chi connectivity index (χ3v) is 4.50. The SMILES string of the molecule is CCC1CCN(C(=O)OC(C)(C)C)C(CC(=O)C2CC2)C1. The standard InChI is InChI=1S/C17H29NO3/c1-5-12-8-9-18(16(20)21-17(2,3)4)14(10-12)11-15(19)13-6-7-13/h12-14H,5-11H2,1-4H3. The molecule has 0 radical (unpaired) electrons. The van der Waals surface area contributed by atoms with Gasteiger partial charge in [-0.05, 0) is 52.4 Å². The van der Waals surface area contributed by atoms with Gasteiger partial charge in [0.15, 0.2) is 0 Å². The van der Waals surface area contributed by atoms with Crippen LogP contribution in [-0.2, 0) is 9.53 Å². The maximum absolute atomic E-state index is 12.4. The summed E-state index contributed by atoms with van der Waals surface area (Å²) in [6, 6.07) is 0.0339. The van der Waals surface area contributed by atoms with Crippen LogP contribution >= 0.6 is 0 Å². The first kappa shape index (κ1) is 16.3. The summed E-state index contributed by atoms with van der Waals surface area (Å²) >= 11 is 0. The molecule has 21 heavy (non-hydrogen) atoms. The highest BCUT2D eigenvalue weighted by atomic mass is 16.6. The highest BCUT2D eigenvalue weighted by molar-refractivity contribution is 5.84. The fraction of sp³-hybridized carbons (Fsp3) is 0.882. The summed E-state index contributed by atoms with van der Waals surface area (Å²) in [6.07, 6.45) is 5.41. The normalized spacial score (nSPS) is 26.6.